The number of hydrazone groups is 1. The fourth-order valence-corrected chi connectivity index (χ4v) is 1.95. The quantitative estimate of drug-likeness (QED) is 0.483. The van der Waals surface area contributed by atoms with E-state index in [1.807, 2.05) is 34.9 Å². The second-order valence-corrected chi connectivity index (χ2v) is 6.43. The summed E-state index contributed by atoms with van der Waals surface area (Å²) in [6, 6.07) is 0. The van der Waals surface area contributed by atoms with Crippen LogP contribution in [0, 0.1) is 5.92 Å². The first-order valence-corrected chi connectivity index (χ1v) is 7.16. The van der Waals surface area contributed by atoms with Gasteiger partial charge in [-0.05, 0) is 33.6 Å². The van der Waals surface area contributed by atoms with Gasteiger partial charge in [0, 0.05) is 33.1 Å². The van der Waals surface area contributed by atoms with Gasteiger partial charge in [0.1, 0.15) is 11.9 Å². The van der Waals surface area contributed by atoms with Crippen molar-refractivity contribution in [2.45, 2.75) is 39.2 Å². The Morgan fingerprint density at radius 1 is 1.29 bits per heavy atom. The van der Waals surface area contributed by atoms with Crippen molar-refractivity contribution in [1.29, 1.82) is 0 Å². The number of piperidine rings is 1. The van der Waals surface area contributed by atoms with Crippen LogP contribution in [0.15, 0.2) is 5.10 Å². The van der Waals surface area contributed by atoms with Gasteiger partial charge in [0.05, 0.1) is 0 Å². The van der Waals surface area contributed by atoms with Crippen LogP contribution in [0.4, 0.5) is 4.79 Å². The largest absolute Gasteiger partial charge is 0.444 e. The van der Waals surface area contributed by atoms with Crippen LogP contribution in [0.2, 0.25) is 0 Å². The highest BCUT2D eigenvalue weighted by atomic mass is 16.6. The van der Waals surface area contributed by atoms with E-state index in [0.717, 1.165) is 0 Å². The van der Waals surface area contributed by atoms with E-state index in [1.165, 1.54) is 6.34 Å². The van der Waals surface area contributed by atoms with Crippen molar-refractivity contribution in [3.8, 4) is 0 Å². The third-order valence-corrected chi connectivity index (χ3v) is 2.98. The van der Waals surface area contributed by atoms with Crippen molar-refractivity contribution in [3.63, 3.8) is 0 Å². The van der Waals surface area contributed by atoms with Gasteiger partial charge in [-0.15, -0.1) is 0 Å². The van der Waals surface area contributed by atoms with Crippen LogP contribution in [-0.4, -0.2) is 60.9 Å². The van der Waals surface area contributed by atoms with Crippen molar-refractivity contribution >= 4 is 18.3 Å². The molecule has 1 saturated heterocycles. The zero-order chi connectivity index (χ0) is 16.0. The highest BCUT2D eigenvalue weighted by molar-refractivity contribution is 5.79. The number of rotatable bonds is 3. The molecular formula is C14H26N4O3. The molecule has 0 aromatic rings. The smallest absolute Gasteiger partial charge is 0.410 e. The number of likely N-dealkylation sites (tertiary alicyclic amines) is 1. The van der Waals surface area contributed by atoms with Crippen LogP contribution in [0.1, 0.15) is 33.6 Å². The molecular weight excluding hydrogens is 272 g/mol. The van der Waals surface area contributed by atoms with Gasteiger partial charge in [0.2, 0.25) is 5.91 Å². The summed E-state index contributed by atoms with van der Waals surface area (Å²) in [5.41, 5.74) is 2.03. The Bertz CT molecular complexity index is 394. The number of nitrogens with one attached hydrogen (secondary N) is 1. The summed E-state index contributed by atoms with van der Waals surface area (Å²) in [7, 11) is 3.66. The summed E-state index contributed by atoms with van der Waals surface area (Å²) < 4.78 is 5.32. The summed E-state index contributed by atoms with van der Waals surface area (Å²) in [6.07, 6.45) is 2.48. The molecule has 21 heavy (non-hydrogen) atoms. The van der Waals surface area contributed by atoms with Gasteiger partial charge in [-0.25, -0.2) is 10.2 Å². The molecule has 0 aromatic heterocycles. The monoisotopic (exact) mass is 298 g/mol. The first-order chi connectivity index (χ1) is 9.69. The topological polar surface area (TPSA) is 74.2 Å². The SMILES string of the molecule is CN(C)/C=N/NC(=O)C1CCN(C(=O)OC(C)(C)C)CC1. The van der Waals surface area contributed by atoms with E-state index in [9.17, 15) is 9.59 Å². The molecule has 1 heterocycles. The highest BCUT2D eigenvalue weighted by Gasteiger charge is 2.29. The average molecular weight is 298 g/mol. The van der Waals surface area contributed by atoms with E-state index in [0.29, 0.717) is 25.9 Å². The van der Waals surface area contributed by atoms with Crippen molar-refractivity contribution in [3.05, 3.63) is 0 Å². The minimum atomic E-state index is -0.494. The molecule has 0 saturated carbocycles. The summed E-state index contributed by atoms with van der Waals surface area (Å²) in [6.45, 7) is 6.59. The van der Waals surface area contributed by atoms with Gasteiger partial charge in [0.15, 0.2) is 0 Å². The molecule has 0 unspecified atom stereocenters. The number of hydrogen-bond donors (Lipinski definition) is 1. The lowest BCUT2D eigenvalue weighted by atomic mass is 9.96. The molecule has 1 aliphatic heterocycles. The van der Waals surface area contributed by atoms with Crippen LogP contribution in [0.25, 0.3) is 0 Å². The van der Waals surface area contributed by atoms with E-state index >= 15 is 0 Å². The van der Waals surface area contributed by atoms with Crippen LogP contribution in [-0.2, 0) is 9.53 Å². The second-order valence-electron chi connectivity index (χ2n) is 6.43. The first kappa shape index (κ1) is 17.3. The molecule has 120 valence electrons. The Labute approximate surface area is 126 Å². The third-order valence-electron chi connectivity index (χ3n) is 2.98. The van der Waals surface area contributed by atoms with Crippen LogP contribution in [0.5, 0.6) is 0 Å². The summed E-state index contributed by atoms with van der Waals surface area (Å²) in [4.78, 5) is 27.2. The third kappa shape index (κ3) is 6.46. The van der Waals surface area contributed by atoms with Crippen molar-refractivity contribution in [1.82, 2.24) is 15.2 Å². The second kappa shape index (κ2) is 7.28. The fourth-order valence-electron chi connectivity index (χ4n) is 1.95. The van der Waals surface area contributed by atoms with Gasteiger partial charge in [0.25, 0.3) is 0 Å². The lowest BCUT2D eigenvalue weighted by Gasteiger charge is -2.32. The minimum Gasteiger partial charge on any atom is -0.444 e. The van der Waals surface area contributed by atoms with Crippen molar-refractivity contribution in [2.24, 2.45) is 11.0 Å². The molecule has 0 spiro atoms. The molecule has 1 fully saturated rings. The van der Waals surface area contributed by atoms with E-state index in [2.05, 4.69) is 10.5 Å². The van der Waals surface area contributed by atoms with E-state index in [1.54, 1.807) is 9.80 Å². The number of amides is 2. The Hall–Kier alpha value is -1.79. The zero-order valence-corrected chi connectivity index (χ0v) is 13.5. The number of carbonyl (C=O) groups excluding carboxylic acids is 2. The lowest BCUT2D eigenvalue weighted by Crippen LogP contribution is -2.44. The van der Waals surface area contributed by atoms with Gasteiger partial charge in [-0.1, -0.05) is 0 Å². The highest BCUT2D eigenvalue weighted by Crippen LogP contribution is 2.19. The predicted molar refractivity (Wildman–Crippen MR) is 80.9 cm³/mol. The molecule has 0 atom stereocenters. The molecule has 0 bridgehead atoms. The average Bonchev–Trinajstić information content (AvgIpc) is 2.36. The number of nitrogens with zero attached hydrogens (tertiary/aromatic N) is 3. The predicted octanol–water partition coefficient (Wildman–Crippen LogP) is 1.25. The fraction of sp³-hybridized carbons (Fsp3) is 0.786. The van der Waals surface area contributed by atoms with E-state index < -0.39 is 5.60 Å². The normalized spacial score (nSPS) is 16.9. The van der Waals surface area contributed by atoms with Crippen molar-refractivity contribution < 1.29 is 14.3 Å². The summed E-state index contributed by atoms with van der Waals surface area (Å²) in [5.74, 6) is -0.208. The van der Waals surface area contributed by atoms with E-state index in [4.69, 9.17) is 4.74 Å². The maximum absolute atomic E-state index is 11.9. The molecule has 1 rings (SSSR count). The molecule has 0 aromatic carbocycles. The molecule has 2 amide bonds. The lowest BCUT2D eigenvalue weighted by molar-refractivity contribution is -0.126. The standard InChI is InChI=1S/C14H26N4O3/c1-14(2,3)21-13(20)18-8-6-11(7-9-18)12(19)16-15-10-17(4)5/h10-11H,6-9H2,1-5H3,(H,16,19)/b15-10+. The molecule has 1 N–H and O–H groups in total. The van der Waals surface area contributed by atoms with Gasteiger partial charge in [-0.2, -0.15) is 5.10 Å². The summed E-state index contributed by atoms with van der Waals surface area (Å²) in [5, 5.41) is 3.84. The van der Waals surface area contributed by atoms with Crippen LogP contribution < -0.4 is 5.43 Å². The molecule has 0 radical (unpaired) electrons. The zero-order valence-electron chi connectivity index (χ0n) is 13.5. The van der Waals surface area contributed by atoms with Gasteiger partial charge in [-0.3, -0.25) is 4.79 Å². The van der Waals surface area contributed by atoms with Crippen molar-refractivity contribution in [2.75, 3.05) is 27.2 Å². The molecule has 1 aliphatic rings. The Morgan fingerprint density at radius 3 is 2.33 bits per heavy atom. The van der Waals surface area contributed by atoms with E-state index in [-0.39, 0.29) is 17.9 Å². The minimum absolute atomic E-state index is 0.100. The maximum Gasteiger partial charge on any atom is 0.410 e. The van der Waals surface area contributed by atoms with Crippen LogP contribution in [0.3, 0.4) is 0 Å². The number of hydrogen-bond acceptors (Lipinski definition) is 4. The van der Waals surface area contributed by atoms with Gasteiger partial charge < -0.3 is 14.5 Å². The van der Waals surface area contributed by atoms with Gasteiger partial charge >= 0.3 is 6.09 Å². The molecule has 0 aliphatic carbocycles. The molecule has 7 heteroatoms. The molecule has 7 nitrogen and oxygen atoms in total. The van der Waals surface area contributed by atoms with Crippen LogP contribution >= 0.6 is 0 Å². The Balaban J connectivity index is 2.38. The summed E-state index contributed by atoms with van der Waals surface area (Å²) >= 11 is 0. The Kier molecular flexibility index (Phi) is 5.99. The Morgan fingerprint density at radius 2 is 1.86 bits per heavy atom. The maximum atomic E-state index is 11.9. The number of ether oxygens (including phenoxy) is 1. The number of carbonyl (C=O) groups is 2. The first-order valence-electron chi connectivity index (χ1n) is 7.16.